The fraction of sp³-hybridized carbons (Fsp3) is 0.542. The average molecular weight is 470 g/mol. The van der Waals surface area contributed by atoms with Gasteiger partial charge in [-0.25, -0.2) is 0 Å². The smallest absolute Gasteiger partial charge is 0.229 e. The van der Waals surface area contributed by atoms with Crippen LogP contribution >= 0.6 is 11.3 Å². The largest absolute Gasteiger partial charge is 0.342 e. The zero-order valence-electron chi connectivity index (χ0n) is 19.4. The lowest BCUT2D eigenvalue weighted by atomic mass is 9.94. The molecular weight excluding hydrogens is 438 g/mol. The number of nitrogens with zero attached hydrogens (tertiary/aromatic N) is 4. The molecule has 1 N–H and O–H groups in total. The van der Waals surface area contributed by atoms with Gasteiger partial charge in [0.1, 0.15) is 5.01 Å². The summed E-state index contributed by atoms with van der Waals surface area (Å²) in [5, 5.41) is 12.6. The molecule has 4 rings (SSSR count). The van der Waals surface area contributed by atoms with Crippen molar-refractivity contribution in [2.24, 2.45) is 11.8 Å². The molecule has 2 aliphatic rings. The number of aromatic nitrogens is 2. The maximum Gasteiger partial charge on any atom is 0.229 e. The van der Waals surface area contributed by atoms with E-state index in [9.17, 15) is 14.4 Å². The zero-order valence-corrected chi connectivity index (χ0v) is 20.2. The standard InChI is InChI=1S/C24H31N5O3S/c1-24(2,3)29-15-18(14-20(29)30)22(32)28-11-9-17(10-12-28)21(31)25-23-27-26-19(33-23)13-16-7-5-4-6-8-16/h4-8,17-18H,9-15H2,1-3H3,(H,25,27,31). The first-order valence-electron chi connectivity index (χ1n) is 11.5. The Hall–Kier alpha value is -2.81. The van der Waals surface area contributed by atoms with Gasteiger partial charge < -0.3 is 15.1 Å². The predicted octanol–water partition coefficient (Wildman–Crippen LogP) is 2.95. The number of likely N-dealkylation sites (tertiary alicyclic amines) is 2. The molecule has 8 nitrogen and oxygen atoms in total. The minimum absolute atomic E-state index is 0.0311. The average Bonchev–Trinajstić information content (AvgIpc) is 3.40. The Labute approximate surface area is 198 Å². The van der Waals surface area contributed by atoms with E-state index in [-0.39, 0.29) is 41.5 Å². The van der Waals surface area contributed by atoms with E-state index in [1.807, 2.05) is 56.0 Å². The Balaban J connectivity index is 1.26. The summed E-state index contributed by atoms with van der Waals surface area (Å²) in [7, 11) is 0. The maximum absolute atomic E-state index is 13.0. The van der Waals surface area contributed by atoms with Crippen molar-refractivity contribution in [2.75, 3.05) is 25.0 Å². The minimum Gasteiger partial charge on any atom is -0.342 e. The monoisotopic (exact) mass is 469 g/mol. The van der Waals surface area contributed by atoms with Crippen LogP contribution in [0.25, 0.3) is 0 Å². The molecule has 1 aromatic heterocycles. The first kappa shape index (κ1) is 23.4. The van der Waals surface area contributed by atoms with Crippen LogP contribution in [0.3, 0.4) is 0 Å². The molecule has 0 saturated carbocycles. The molecule has 0 spiro atoms. The van der Waals surface area contributed by atoms with Crippen molar-refractivity contribution in [1.82, 2.24) is 20.0 Å². The van der Waals surface area contributed by atoms with Gasteiger partial charge in [-0.3, -0.25) is 14.4 Å². The quantitative estimate of drug-likeness (QED) is 0.726. The van der Waals surface area contributed by atoms with Crippen LogP contribution in [-0.4, -0.2) is 62.9 Å². The first-order chi connectivity index (χ1) is 15.7. The third kappa shape index (κ3) is 5.58. The van der Waals surface area contributed by atoms with E-state index in [0.717, 1.165) is 10.6 Å². The van der Waals surface area contributed by atoms with Gasteiger partial charge in [-0.1, -0.05) is 41.7 Å². The highest BCUT2D eigenvalue weighted by Crippen LogP contribution is 2.29. The molecule has 3 amide bonds. The molecule has 0 radical (unpaired) electrons. The van der Waals surface area contributed by atoms with E-state index in [1.165, 1.54) is 11.3 Å². The molecule has 1 atom stereocenters. The van der Waals surface area contributed by atoms with E-state index in [2.05, 4.69) is 15.5 Å². The van der Waals surface area contributed by atoms with Crippen LogP contribution in [-0.2, 0) is 20.8 Å². The molecule has 2 saturated heterocycles. The molecule has 0 bridgehead atoms. The van der Waals surface area contributed by atoms with Gasteiger partial charge in [0.05, 0.1) is 5.92 Å². The maximum atomic E-state index is 13.0. The second-order valence-corrected chi connectivity index (χ2v) is 10.9. The number of carbonyl (C=O) groups is 3. The normalized spacial score (nSPS) is 19.7. The Morgan fingerprint density at radius 2 is 1.79 bits per heavy atom. The molecule has 33 heavy (non-hydrogen) atoms. The highest BCUT2D eigenvalue weighted by molar-refractivity contribution is 7.15. The summed E-state index contributed by atoms with van der Waals surface area (Å²) < 4.78 is 0. The summed E-state index contributed by atoms with van der Waals surface area (Å²) in [6.07, 6.45) is 2.18. The fourth-order valence-corrected chi connectivity index (χ4v) is 5.27. The summed E-state index contributed by atoms with van der Waals surface area (Å²) >= 11 is 1.39. The van der Waals surface area contributed by atoms with Crippen molar-refractivity contribution in [3.8, 4) is 0 Å². The number of hydrogen-bond donors (Lipinski definition) is 1. The Kier molecular flexibility index (Phi) is 6.78. The second-order valence-electron chi connectivity index (χ2n) is 9.83. The van der Waals surface area contributed by atoms with Crippen molar-refractivity contribution < 1.29 is 14.4 Å². The van der Waals surface area contributed by atoms with Gasteiger partial charge >= 0.3 is 0 Å². The highest BCUT2D eigenvalue weighted by atomic mass is 32.1. The molecule has 1 aromatic carbocycles. The third-order valence-electron chi connectivity index (χ3n) is 6.36. The molecule has 0 aliphatic carbocycles. The lowest BCUT2D eigenvalue weighted by Gasteiger charge is -2.34. The number of amides is 3. The summed E-state index contributed by atoms with van der Waals surface area (Å²) in [6, 6.07) is 10.0. The molecule has 2 aliphatic heterocycles. The lowest BCUT2D eigenvalue weighted by molar-refractivity contribution is -0.138. The first-order valence-corrected chi connectivity index (χ1v) is 12.3. The molecule has 9 heteroatoms. The van der Waals surface area contributed by atoms with Gasteiger partial charge in [-0.2, -0.15) is 0 Å². The minimum atomic E-state index is -0.286. The van der Waals surface area contributed by atoms with Crippen molar-refractivity contribution in [3.05, 3.63) is 40.9 Å². The Bertz CT molecular complexity index is 1010. The number of rotatable bonds is 5. The van der Waals surface area contributed by atoms with Crippen LogP contribution in [0.15, 0.2) is 30.3 Å². The summed E-state index contributed by atoms with van der Waals surface area (Å²) in [5.74, 6) is -0.444. The number of nitrogens with one attached hydrogen (secondary N) is 1. The molecule has 2 aromatic rings. The van der Waals surface area contributed by atoms with Crippen LogP contribution in [0, 0.1) is 11.8 Å². The van der Waals surface area contributed by atoms with E-state index in [0.29, 0.717) is 44.0 Å². The zero-order chi connectivity index (χ0) is 23.6. The van der Waals surface area contributed by atoms with E-state index in [1.54, 1.807) is 4.90 Å². The molecule has 1 unspecified atom stereocenters. The van der Waals surface area contributed by atoms with E-state index < -0.39 is 0 Å². The van der Waals surface area contributed by atoms with Crippen molar-refractivity contribution >= 4 is 34.2 Å². The Morgan fingerprint density at radius 3 is 2.42 bits per heavy atom. The van der Waals surface area contributed by atoms with Gasteiger partial charge in [0.25, 0.3) is 0 Å². The number of benzene rings is 1. The highest BCUT2D eigenvalue weighted by Gasteiger charge is 2.41. The predicted molar refractivity (Wildman–Crippen MR) is 127 cm³/mol. The van der Waals surface area contributed by atoms with E-state index >= 15 is 0 Å². The fourth-order valence-electron chi connectivity index (χ4n) is 4.49. The molecule has 176 valence electrons. The van der Waals surface area contributed by atoms with Crippen LogP contribution < -0.4 is 5.32 Å². The number of hydrogen-bond acceptors (Lipinski definition) is 6. The van der Waals surface area contributed by atoms with Crippen LogP contribution in [0.1, 0.15) is 50.6 Å². The third-order valence-corrected chi connectivity index (χ3v) is 7.20. The van der Waals surface area contributed by atoms with E-state index in [4.69, 9.17) is 0 Å². The number of carbonyl (C=O) groups excluding carboxylic acids is 3. The number of anilines is 1. The van der Waals surface area contributed by atoms with Gasteiger partial charge in [0, 0.05) is 43.9 Å². The molecule has 3 heterocycles. The van der Waals surface area contributed by atoms with Crippen molar-refractivity contribution in [2.45, 2.75) is 52.0 Å². The summed E-state index contributed by atoms with van der Waals surface area (Å²) in [6.45, 7) is 7.52. The lowest BCUT2D eigenvalue weighted by Crippen LogP contribution is -2.46. The number of piperidine rings is 1. The van der Waals surface area contributed by atoms with Crippen molar-refractivity contribution in [3.63, 3.8) is 0 Å². The van der Waals surface area contributed by atoms with Gasteiger partial charge in [-0.15, -0.1) is 10.2 Å². The van der Waals surface area contributed by atoms with Crippen LogP contribution in [0.5, 0.6) is 0 Å². The van der Waals surface area contributed by atoms with Crippen molar-refractivity contribution in [1.29, 1.82) is 0 Å². The van der Waals surface area contributed by atoms with Gasteiger partial charge in [0.15, 0.2) is 0 Å². The van der Waals surface area contributed by atoms with Gasteiger partial charge in [0.2, 0.25) is 22.9 Å². The second kappa shape index (κ2) is 9.59. The topological polar surface area (TPSA) is 95.5 Å². The summed E-state index contributed by atoms with van der Waals surface area (Å²) in [5.41, 5.74) is 0.876. The van der Waals surface area contributed by atoms with Crippen LogP contribution in [0.2, 0.25) is 0 Å². The summed E-state index contributed by atoms with van der Waals surface area (Å²) in [4.78, 5) is 41.6. The molecule has 2 fully saturated rings. The van der Waals surface area contributed by atoms with Gasteiger partial charge in [-0.05, 0) is 39.2 Å². The Morgan fingerprint density at radius 1 is 1.09 bits per heavy atom. The SMILES string of the molecule is CC(C)(C)N1CC(C(=O)N2CCC(C(=O)Nc3nnc(Cc4ccccc4)s3)CC2)CC1=O. The van der Waals surface area contributed by atoms with Crippen LogP contribution in [0.4, 0.5) is 5.13 Å². The molecular formula is C24H31N5O3S.